The third-order valence-electron chi connectivity index (χ3n) is 3.00. The molecule has 112 valence electrons. The predicted octanol–water partition coefficient (Wildman–Crippen LogP) is 1.85. The molecule has 0 fully saturated rings. The van der Waals surface area contributed by atoms with Crippen LogP contribution in [0.15, 0.2) is 30.3 Å². The van der Waals surface area contributed by atoms with Gasteiger partial charge in [0.1, 0.15) is 18.5 Å². The Morgan fingerprint density at radius 3 is 2.62 bits per heavy atom. The predicted molar refractivity (Wildman–Crippen MR) is 76.3 cm³/mol. The van der Waals surface area contributed by atoms with Crippen molar-refractivity contribution in [3.8, 4) is 5.75 Å². The van der Waals surface area contributed by atoms with E-state index in [0.29, 0.717) is 11.4 Å². The zero-order valence-electron chi connectivity index (χ0n) is 11.9. The van der Waals surface area contributed by atoms with E-state index < -0.39 is 11.0 Å². The van der Waals surface area contributed by atoms with Crippen LogP contribution < -0.4 is 4.74 Å². The van der Waals surface area contributed by atoms with E-state index in [2.05, 4.69) is 5.10 Å². The van der Waals surface area contributed by atoms with Crippen LogP contribution in [-0.4, -0.2) is 32.5 Å². The van der Waals surface area contributed by atoms with E-state index in [0.717, 1.165) is 5.56 Å². The Morgan fingerprint density at radius 1 is 1.38 bits per heavy atom. The summed E-state index contributed by atoms with van der Waals surface area (Å²) in [4.78, 5) is 10.1. The van der Waals surface area contributed by atoms with Crippen molar-refractivity contribution >= 4 is 5.82 Å². The van der Waals surface area contributed by atoms with Crippen molar-refractivity contribution in [2.45, 2.75) is 26.5 Å². The van der Waals surface area contributed by atoms with Gasteiger partial charge >= 0.3 is 5.82 Å². The van der Waals surface area contributed by atoms with Gasteiger partial charge < -0.3 is 20.0 Å². The number of hydrogen-bond donors (Lipinski definition) is 1. The lowest BCUT2D eigenvalue weighted by Gasteiger charge is -2.11. The van der Waals surface area contributed by atoms with E-state index in [4.69, 9.17) is 4.74 Å². The van der Waals surface area contributed by atoms with Crippen molar-refractivity contribution in [1.82, 2.24) is 9.78 Å². The van der Waals surface area contributed by atoms with Crippen molar-refractivity contribution in [1.29, 1.82) is 0 Å². The minimum absolute atomic E-state index is 0.0934. The number of aryl methyl sites for hydroxylation is 2. The van der Waals surface area contributed by atoms with Gasteiger partial charge in [-0.3, -0.25) is 0 Å². The van der Waals surface area contributed by atoms with Crippen LogP contribution in [0, 0.1) is 24.0 Å². The number of benzene rings is 1. The Morgan fingerprint density at radius 2 is 2.05 bits per heavy atom. The molecule has 1 aromatic heterocycles. The van der Waals surface area contributed by atoms with E-state index in [1.165, 1.54) is 10.7 Å². The van der Waals surface area contributed by atoms with Gasteiger partial charge in [-0.1, -0.05) is 17.7 Å². The molecule has 0 spiro atoms. The van der Waals surface area contributed by atoms with Crippen molar-refractivity contribution in [3.05, 3.63) is 51.7 Å². The van der Waals surface area contributed by atoms with Crippen LogP contribution in [-0.2, 0) is 6.54 Å². The van der Waals surface area contributed by atoms with Crippen LogP contribution in [0.25, 0.3) is 0 Å². The minimum atomic E-state index is -0.801. The third-order valence-corrected chi connectivity index (χ3v) is 3.00. The smallest absolute Gasteiger partial charge is 0.390 e. The highest BCUT2D eigenvalue weighted by Gasteiger charge is 2.18. The number of aliphatic hydroxyl groups excluding tert-OH is 1. The maximum absolute atomic E-state index is 10.6. The summed E-state index contributed by atoms with van der Waals surface area (Å²) < 4.78 is 6.87. The monoisotopic (exact) mass is 291 g/mol. The molecule has 0 aliphatic heterocycles. The molecular formula is C14H17N3O4. The first kappa shape index (κ1) is 15.0. The highest BCUT2D eigenvalue weighted by molar-refractivity contribution is 5.26. The summed E-state index contributed by atoms with van der Waals surface area (Å²) in [5, 5.41) is 24.4. The first-order chi connectivity index (χ1) is 9.95. The molecule has 0 aliphatic rings. The van der Waals surface area contributed by atoms with Gasteiger partial charge in [0.2, 0.25) is 0 Å². The molecule has 0 saturated carbocycles. The van der Waals surface area contributed by atoms with Crippen LogP contribution in [0.1, 0.15) is 11.3 Å². The second-order valence-corrected chi connectivity index (χ2v) is 4.86. The normalized spacial score (nSPS) is 12.1. The fraction of sp³-hybridized carbons (Fsp3) is 0.357. The van der Waals surface area contributed by atoms with Gasteiger partial charge in [0.15, 0.2) is 0 Å². The van der Waals surface area contributed by atoms with Gasteiger partial charge in [-0.2, -0.15) is 4.68 Å². The maximum Gasteiger partial charge on any atom is 0.390 e. The molecule has 1 heterocycles. The lowest BCUT2D eigenvalue weighted by atomic mass is 10.2. The SMILES string of the molecule is Cc1ccc(OC[C@H](O)Cn2nc([N+](=O)[O-])cc2C)cc1. The number of ether oxygens (including phenoxy) is 1. The Labute approximate surface area is 121 Å². The zero-order valence-corrected chi connectivity index (χ0v) is 11.9. The van der Waals surface area contributed by atoms with E-state index in [1.807, 2.05) is 31.2 Å². The quantitative estimate of drug-likeness (QED) is 0.648. The second-order valence-electron chi connectivity index (χ2n) is 4.86. The van der Waals surface area contributed by atoms with Gasteiger partial charge in [0.05, 0.1) is 23.4 Å². The molecule has 7 nitrogen and oxygen atoms in total. The molecule has 2 aromatic rings. The molecule has 0 bridgehead atoms. The van der Waals surface area contributed by atoms with Gasteiger partial charge in [0.25, 0.3) is 0 Å². The Kier molecular flexibility index (Phi) is 4.54. The molecular weight excluding hydrogens is 274 g/mol. The standard InChI is InChI=1S/C14H17N3O4/c1-10-3-5-13(6-4-10)21-9-12(18)8-16-11(2)7-14(15-16)17(19)20/h3-7,12,18H,8-9H2,1-2H3/t12-/m1/s1. The highest BCUT2D eigenvalue weighted by Crippen LogP contribution is 2.13. The summed E-state index contributed by atoms with van der Waals surface area (Å²) in [5.74, 6) is 0.446. The number of nitrogens with zero attached hydrogens (tertiary/aromatic N) is 3. The zero-order chi connectivity index (χ0) is 15.4. The van der Waals surface area contributed by atoms with E-state index >= 15 is 0 Å². The molecule has 0 saturated heterocycles. The summed E-state index contributed by atoms with van der Waals surface area (Å²) in [5.41, 5.74) is 1.75. The molecule has 0 amide bonds. The summed E-state index contributed by atoms with van der Waals surface area (Å²) in [6.45, 7) is 3.92. The lowest BCUT2D eigenvalue weighted by molar-refractivity contribution is -0.389. The molecule has 2 rings (SSSR count). The fourth-order valence-electron chi connectivity index (χ4n) is 1.85. The van der Waals surface area contributed by atoms with Crippen LogP contribution in [0.2, 0.25) is 0 Å². The topological polar surface area (TPSA) is 90.4 Å². The van der Waals surface area contributed by atoms with E-state index in [-0.39, 0.29) is 19.0 Å². The van der Waals surface area contributed by atoms with Crippen molar-refractivity contribution < 1.29 is 14.8 Å². The van der Waals surface area contributed by atoms with Gasteiger partial charge in [-0.15, -0.1) is 0 Å². The lowest BCUT2D eigenvalue weighted by Crippen LogP contribution is -2.24. The maximum atomic E-state index is 10.6. The van der Waals surface area contributed by atoms with Gasteiger partial charge in [-0.25, -0.2) is 0 Å². The van der Waals surface area contributed by atoms with Crippen LogP contribution in [0.4, 0.5) is 5.82 Å². The van der Waals surface area contributed by atoms with Crippen LogP contribution >= 0.6 is 0 Å². The van der Waals surface area contributed by atoms with Gasteiger partial charge in [0, 0.05) is 0 Å². The molecule has 0 radical (unpaired) electrons. The Bertz CT molecular complexity index is 622. The fourth-order valence-corrected chi connectivity index (χ4v) is 1.85. The van der Waals surface area contributed by atoms with Crippen molar-refractivity contribution in [3.63, 3.8) is 0 Å². The van der Waals surface area contributed by atoms with E-state index in [9.17, 15) is 15.2 Å². The molecule has 1 aromatic carbocycles. The Balaban J connectivity index is 1.91. The number of nitro groups is 1. The summed E-state index contributed by atoms with van der Waals surface area (Å²) >= 11 is 0. The number of rotatable bonds is 6. The van der Waals surface area contributed by atoms with Crippen molar-refractivity contribution in [2.24, 2.45) is 0 Å². The largest absolute Gasteiger partial charge is 0.491 e. The summed E-state index contributed by atoms with van der Waals surface area (Å²) in [7, 11) is 0. The molecule has 0 unspecified atom stereocenters. The Hall–Kier alpha value is -2.41. The van der Waals surface area contributed by atoms with Crippen LogP contribution in [0.5, 0.6) is 5.75 Å². The molecule has 0 aliphatic carbocycles. The number of aromatic nitrogens is 2. The molecule has 7 heteroatoms. The molecule has 21 heavy (non-hydrogen) atoms. The summed E-state index contributed by atoms with van der Waals surface area (Å²) in [6.07, 6.45) is -0.801. The first-order valence-corrected chi connectivity index (χ1v) is 6.52. The molecule has 1 N–H and O–H groups in total. The average molecular weight is 291 g/mol. The average Bonchev–Trinajstić information content (AvgIpc) is 2.80. The number of aliphatic hydroxyl groups is 1. The third kappa shape index (κ3) is 4.03. The minimum Gasteiger partial charge on any atom is -0.491 e. The highest BCUT2D eigenvalue weighted by atomic mass is 16.6. The summed E-state index contributed by atoms with van der Waals surface area (Å²) in [6, 6.07) is 8.86. The number of hydrogen-bond acceptors (Lipinski definition) is 5. The first-order valence-electron chi connectivity index (χ1n) is 6.52. The van der Waals surface area contributed by atoms with Gasteiger partial charge in [-0.05, 0) is 30.9 Å². The molecule has 1 atom stereocenters. The second kappa shape index (κ2) is 6.36. The van der Waals surface area contributed by atoms with Crippen LogP contribution in [0.3, 0.4) is 0 Å². The van der Waals surface area contributed by atoms with E-state index in [1.54, 1.807) is 6.92 Å². The van der Waals surface area contributed by atoms with Crippen molar-refractivity contribution in [2.75, 3.05) is 6.61 Å².